The van der Waals surface area contributed by atoms with Gasteiger partial charge >= 0.3 is 5.97 Å². The number of ether oxygens (including phenoxy) is 1. The van der Waals surface area contributed by atoms with Gasteiger partial charge < -0.3 is 14.8 Å². The molecule has 4 nitrogen and oxygen atoms in total. The van der Waals surface area contributed by atoms with Gasteiger partial charge in [0, 0.05) is 24.4 Å². The number of hydrogen-bond donors (Lipinski definition) is 2. The van der Waals surface area contributed by atoms with E-state index in [1.165, 1.54) is 6.20 Å². The van der Waals surface area contributed by atoms with Gasteiger partial charge in [0.25, 0.3) is 0 Å². The first kappa shape index (κ1) is 9.96. The maximum atomic E-state index is 11.0. The van der Waals surface area contributed by atoms with Crippen LogP contribution in [0.3, 0.4) is 0 Å². The zero-order chi connectivity index (χ0) is 11.8. The van der Waals surface area contributed by atoms with Crippen molar-refractivity contribution in [1.29, 1.82) is 0 Å². The molecule has 0 unspecified atom stereocenters. The number of aromatic carboxylic acids is 1. The van der Waals surface area contributed by atoms with Gasteiger partial charge in [-0.3, -0.25) is 0 Å². The lowest BCUT2D eigenvalue weighted by Crippen LogP contribution is -1.96. The lowest BCUT2D eigenvalue weighted by Gasteiger charge is -2.03. The third-order valence-electron chi connectivity index (χ3n) is 2.98. The molecule has 0 spiro atoms. The van der Waals surface area contributed by atoms with Crippen molar-refractivity contribution in [2.24, 2.45) is 0 Å². The molecule has 1 aromatic heterocycles. The Balaban J connectivity index is 2.09. The van der Waals surface area contributed by atoms with Crippen LogP contribution in [0.2, 0.25) is 0 Å². The molecule has 1 aromatic carbocycles. The molecule has 2 N–H and O–H groups in total. The van der Waals surface area contributed by atoms with Gasteiger partial charge in [0.2, 0.25) is 0 Å². The van der Waals surface area contributed by atoms with Gasteiger partial charge in [-0.05, 0) is 23.3 Å². The highest BCUT2D eigenvalue weighted by molar-refractivity contribution is 5.96. The van der Waals surface area contributed by atoms with Crippen LogP contribution in [0.1, 0.15) is 15.9 Å². The summed E-state index contributed by atoms with van der Waals surface area (Å²) < 4.78 is 5.42. The molecule has 3 rings (SSSR count). The van der Waals surface area contributed by atoms with Gasteiger partial charge in [-0.15, -0.1) is 0 Å². The highest BCUT2D eigenvalue weighted by Crippen LogP contribution is 2.31. The van der Waals surface area contributed by atoms with Crippen LogP contribution < -0.4 is 4.74 Å². The van der Waals surface area contributed by atoms with Crippen LogP contribution in [0.15, 0.2) is 30.6 Å². The van der Waals surface area contributed by atoms with Crippen molar-refractivity contribution in [3.8, 4) is 16.9 Å². The second kappa shape index (κ2) is 3.66. The first-order chi connectivity index (χ1) is 8.25. The molecule has 0 saturated carbocycles. The monoisotopic (exact) mass is 229 g/mol. The molecule has 2 aromatic rings. The molecule has 0 bridgehead atoms. The van der Waals surface area contributed by atoms with E-state index in [4.69, 9.17) is 9.84 Å². The Morgan fingerprint density at radius 1 is 1.35 bits per heavy atom. The summed E-state index contributed by atoms with van der Waals surface area (Å²) in [7, 11) is 0. The largest absolute Gasteiger partial charge is 0.493 e. The highest BCUT2D eigenvalue weighted by Gasteiger charge is 2.16. The second-order valence-corrected chi connectivity index (χ2v) is 4.01. The summed E-state index contributed by atoms with van der Waals surface area (Å²) in [5, 5.41) is 9.06. The zero-order valence-electron chi connectivity index (χ0n) is 9.06. The SMILES string of the molecule is O=C(O)c1c[nH]cc1-c1ccc2c(c1)CCO2. The minimum Gasteiger partial charge on any atom is -0.493 e. The predicted molar refractivity (Wildman–Crippen MR) is 62.4 cm³/mol. The topological polar surface area (TPSA) is 62.3 Å². The Labute approximate surface area is 97.9 Å². The van der Waals surface area contributed by atoms with Crippen molar-refractivity contribution in [2.45, 2.75) is 6.42 Å². The molecule has 0 saturated heterocycles. The molecule has 17 heavy (non-hydrogen) atoms. The molecular weight excluding hydrogens is 218 g/mol. The standard InChI is InChI=1S/C13H11NO3/c15-13(16)11-7-14-6-10(11)8-1-2-12-9(5-8)3-4-17-12/h1-2,5-7,14H,3-4H2,(H,15,16). The van der Waals surface area contributed by atoms with Gasteiger partial charge in [-0.1, -0.05) is 6.07 Å². The maximum absolute atomic E-state index is 11.0. The summed E-state index contributed by atoms with van der Waals surface area (Å²) in [5.41, 5.74) is 3.06. The van der Waals surface area contributed by atoms with Gasteiger partial charge in [-0.25, -0.2) is 4.79 Å². The van der Waals surface area contributed by atoms with Gasteiger partial charge in [0.15, 0.2) is 0 Å². The molecule has 0 radical (unpaired) electrons. The normalized spacial score (nSPS) is 13.2. The number of carboxylic acid groups (broad SMARTS) is 1. The molecule has 0 aliphatic carbocycles. The van der Waals surface area contributed by atoms with E-state index >= 15 is 0 Å². The number of hydrogen-bond acceptors (Lipinski definition) is 2. The Morgan fingerprint density at radius 3 is 3.06 bits per heavy atom. The average Bonchev–Trinajstić information content (AvgIpc) is 2.96. The number of rotatable bonds is 2. The van der Waals surface area contributed by atoms with E-state index in [1.807, 2.05) is 18.2 Å². The van der Waals surface area contributed by atoms with Crippen molar-refractivity contribution in [2.75, 3.05) is 6.61 Å². The van der Waals surface area contributed by atoms with Crippen LogP contribution in [-0.2, 0) is 6.42 Å². The summed E-state index contributed by atoms with van der Waals surface area (Å²) in [6, 6.07) is 5.79. The fourth-order valence-corrected chi connectivity index (χ4v) is 2.13. The smallest absolute Gasteiger partial charge is 0.337 e. The summed E-state index contributed by atoms with van der Waals surface area (Å²) >= 11 is 0. The van der Waals surface area contributed by atoms with Crippen molar-refractivity contribution >= 4 is 5.97 Å². The lowest BCUT2D eigenvalue weighted by molar-refractivity contribution is 0.0698. The molecule has 86 valence electrons. The first-order valence-electron chi connectivity index (χ1n) is 5.42. The molecule has 1 aliphatic rings. The number of H-pyrrole nitrogens is 1. The molecule has 0 amide bonds. The van der Waals surface area contributed by atoms with E-state index in [0.29, 0.717) is 17.7 Å². The van der Waals surface area contributed by atoms with Crippen molar-refractivity contribution in [3.05, 3.63) is 41.7 Å². The predicted octanol–water partition coefficient (Wildman–Crippen LogP) is 2.31. The summed E-state index contributed by atoms with van der Waals surface area (Å²) in [6.45, 7) is 0.706. The van der Waals surface area contributed by atoms with E-state index in [1.54, 1.807) is 6.20 Å². The molecule has 0 atom stereocenters. The molecule has 0 fully saturated rings. The Hall–Kier alpha value is -2.23. The number of aromatic nitrogens is 1. The van der Waals surface area contributed by atoms with Crippen LogP contribution in [0, 0.1) is 0 Å². The molecule has 2 heterocycles. The Bertz CT molecular complexity index is 586. The van der Waals surface area contributed by atoms with E-state index < -0.39 is 5.97 Å². The number of carbonyl (C=O) groups is 1. The third kappa shape index (κ3) is 1.58. The van der Waals surface area contributed by atoms with E-state index in [-0.39, 0.29) is 0 Å². The minimum atomic E-state index is -0.919. The quantitative estimate of drug-likeness (QED) is 0.830. The van der Waals surface area contributed by atoms with Crippen molar-refractivity contribution < 1.29 is 14.6 Å². The second-order valence-electron chi connectivity index (χ2n) is 4.01. The lowest BCUT2D eigenvalue weighted by atomic mass is 10.0. The van der Waals surface area contributed by atoms with Crippen LogP contribution in [0.5, 0.6) is 5.75 Å². The van der Waals surface area contributed by atoms with Gasteiger partial charge in [0.05, 0.1) is 12.2 Å². The molecule has 1 aliphatic heterocycles. The van der Waals surface area contributed by atoms with Crippen LogP contribution >= 0.6 is 0 Å². The molecular formula is C13H11NO3. The van der Waals surface area contributed by atoms with E-state index in [0.717, 1.165) is 23.3 Å². The number of benzene rings is 1. The number of fused-ring (bicyclic) bond motifs is 1. The summed E-state index contributed by atoms with van der Waals surface area (Å²) in [6.07, 6.45) is 4.10. The number of carboxylic acids is 1. The van der Waals surface area contributed by atoms with Crippen LogP contribution in [0.4, 0.5) is 0 Å². The van der Waals surface area contributed by atoms with Crippen molar-refractivity contribution in [3.63, 3.8) is 0 Å². The van der Waals surface area contributed by atoms with Gasteiger partial charge in [0.1, 0.15) is 5.75 Å². The zero-order valence-corrected chi connectivity index (χ0v) is 9.06. The average molecular weight is 229 g/mol. The maximum Gasteiger partial charge on any atom is 0.337 e. The van der Waals surface area contributed by atoms with Crippen molar-refractivity contribution in [1.82, 2.24) is 4.98 Å². The Morgan fingerprint density at radius 2 is 2.24 bits per heavy atom. The number of aromatic amines is 1. The first-order valence-corrected chi connectivity index (χ1v) is 5.42. The fraction of sp³-hybridized carbons (Fsp3) is 0.154. The van der Waals surface area contributed by atoms with Crippen LogP contribution in [-0.4, -0.2) is 22.7 Å². The Kier molecular flexibility index (Phi) is 2.14. The van der Waals surface area contributed by atoms with Crippen LogP contribution in [0.25, 0.3) is 11.1 Å². The highest BCUT2D eigenvalue weighted by atomic mass is 16.5. The third-order valence-corrected chi connectivity index (χ3v) is 2.98. The van der Waals surface area contributed by atoms with E-state index in [9.17, 15) is 4.79 Å². The number of nitrogens with one attached hydrogen (secondary N) is 1. The van der Waals surface area contributed by atoms with Gasteiger partial charge in [-0.2, -0.15) is 0 Å². The minimum absolute atomic E-state index is 0.295. The summed E-state index contributed by atoms with van der Waals surface area (Å²) in [5.74, 6) is -0.0147. The molecule has 4 heteroatoms. The van der Waals surface area contributed by atoms with E-state index in [2.05, 4.69) is 4.98 Å². The summed E-state index contributed by atoms with van der Waals surface area (Å²) in [4.78, 5) is 13.9. The fourth-order valence-electron chi connectivity index (χ4n) is 2.13.